The van der Waals surface area contributed by atoms with Crippen LogP contribution in [0.3, 0.4) is 0 Å². The van der Waals surface area contributed by atoms with Crippen molar-refractivity contribution in [3.8, 4) is 0 Å². The maximum atomic E-state index is 12.0. The molecular weight excluding hydrogens is 230 g/mol. The first-order valence-electron chi connectivity index (χ1n) is 5.43. The van der Waals surface area contributed by atoms with E-state index >= 15 is 0 Å². The van der Waals surface area contributed by atoms with Gasteiger partial charge in [0.05, 0.1) is 5.92 Å². The average Bonchev–Trinajstić information content (AvgIpc) is 2.84. The highest BCUT2D eigenvalue weighted by atomic mass is 35.5. The summed E-state index contributed by atoms with van der Waals surface area (Å²) in [6, 6.07) is 0.416. The van der Waals surface area contributed by atoms with Crippen molar-refractivity contribution in [1.82, 2.24) is 15.5 Å². The number of nitrogens with zero attached hydrogens (tertiary/aromatic N) is 1. The number of likely N-dealkylation sites (N-methyl/N-ethyl adjacent to an activating group) is 1. The van der Waals surface area contributed by atoms with Gasteiger partial charge in [-0.3, -0.25) is 9.59 Å². The zero-order chi connectivity index (χ0) is 10.8. The molecule has 0 aliphatic carbocycles. The van der Waals surface area contributed by atoms with Gasteiger partial charge in [0.15, 0.2) is 0 Å². The van der Waals surface area contributed by atoms with Crippen molar-refractivity contribution in [2.24, 2.45) is 5.92 Å². The minimum atomic E-state index is -0.131. The summed E-state index contributed by atoms with van der Waals surface area (Å²) in [6.07, 6.45) is 1.37. The van der Waals surface area contributed by atoms with E-state index in [1.165, 1.54) is 0 Å². The van der Waals surface area contributed by atoms with Crippen LogP contribution in [0.5, 0.6) is 0 Å². The second-order valence-corrected chi connectivity index (χ2v) is 4.26. The van der Waals surface area contributed by atoms with E-state index < -0.39 is 0 Å². The largest absolute Gasteiger partial charge is 0.355 e. The maximum absolute atomic E-state index is 12.0. The zero-order valence-electron chi connectivity index (χ0n) is 9.36. The predicted molar refractivity (Wildman–Crippen MR) is 62.4 cm³/mol. The minimum absolute atomic E-state index is 0. The number of carbonyl (C=O) groups is 2. The number of halogens is 1. The van der Waals surface area contributed by atoms with Gasteiger partial charge in [0, 0.05) is 32.1 Å². The Labute approximate surface area is 101 Å². The highest BCUT2D eigenvalue weighted by Crippen LogP contribution is 2.17. The molecule has 0 aromatic heterocycles. The zero-order valence-corrected chi connectivity index (χ0v) is 10.2. The van der Waals surface area contributed by atoms with Crippen LogP contribution in [0.1, 0.15) is 12.8 Å². The van der Waals surface area contributed by atoms with Crippen molar-refractivity contribution in [3.05, 3.63) is 0 Å². The van der Waals surface area contributed by atoms with E-state index in [0.717, 1.165) is 19.5 Å². The highest BCUT2D eigenvalue weighted by Gasteiger charge is 2.34. The molecule has 6 heteroatoms. The van der Waals surface area contributed by atoms with E-state index in [-0.39, 0.29) is 30.1 Å². The Morgan fingerprint density at radius 2 is 2.31 bits per heavy atom. The van der Waals surface area contributed by atoms with Crippen LogP contribution in [0.2, 0.25) is 0 Å². The second-order valence-electron chi connectivity index (χ2n) is 4.26. The lowest BCUT2D eigenvalue weighted by Crippen LogP contribution is -2.37. The first-order valence-corrected chi connectivity index (χ1v) is 5.43. The normalized spacial score (nSPS) is 28.8. The van der Waals surface area contributed by atoms with Crippen molar-refractivity contribution >= 4 is 24.2 Å². The van der Waals surface area contributed by atoms with Gasteiger partial charge in [0.2, 0.25) is 11.8 Å². The van der Waals surface area contributed by atoms with Crippen molar-refractivity contribution in [3.63, 3.8) is 0 Å². The number of hydrogen-bond donors (Lipinski definition) is 2. The first-order chi connectivity index (χ1) is 7.20. The van der Waals surface area contributed by atoms with Crippen LogP contribution in [-0.4, -0.2) is 49.4 Å². The Morgan fingerprint density at radius 1 is 1.56 bits per heavy atom. The van der Waals surface area contributed by atoms with Gasteiger partial charge in [-0.05, 0) is 13.5 Å². The van der Waals surface area contributed by atoms with Crippen molar-refractivity contribution in [2.45, 2.75) is 18.9 Å². The molecule has 2 amide bonds. The summed E-state index contributed by atoms with van der Waals surface area (Å²) in [5, 5.41) is 5.87. The highest BCUT2D eigenvalue weighted by molar-refractivity contribution is 5.89. The third-order valence-corrected chi connectivity index (χ3v) is 3.23. The van der Waals surface area contributed by atoms with Gasteiger partial charge in [-0.25, -0.2) is 0 Å². The molecule has 0 aromatic rings. The Hall–Kier alpha value is -0.810. The van der Waals surface area contributed by atoms with Gasteiger partial charge in [-0.2, -0.15) is 0 Å². The number of hydrogen-bond acceptors (Lipinski definition) is 3. The summed E-state index contributed by atoms with van der Waals surface area (Å²) < 4.78 is 0. The summed E-state index contributed by atoms with van der Waals surface area (Å²) >= 11 is 0. The molecule has 5 nitrogen and oxygen atoms in total. The van der Waals surface area contributed by atoms with Crippen molar-refractivity contribution < 1.29 is 9.59 Å². The molecule has 2 aliphatic heterocycles. The van der Waals surface area contributed by atoms with Gasteiger partial charge in [0.25, 0.3) is 0 Å². The molecule has 2 unspecified atom stereocenters. The fraction of sp³-hybridized carbons (Fsp3) is 0.800. The summed E-state index contributed by atoms with van der Waals surface area (Å²) in [7, 11) is 1.92. The third-order valence-electron chi connectivity index (χ3n) is 3.23. The minimum Gasteiger partial charge on any atom is -0.355 e. The summed E-state index contributed by atoms with van der Waals surface area (Å²) in [5.41, 5.74) is 0. The average molecular weight is 248 g/mol. The van der Waals surface area contributed by atoms with E-state index in [0.29, 0.717) is 19.0 Å². The Kier molecular flexibility index (Phi) is 4.56. The topological polar surface area (TPSA) is 61.4 Å². The van der Waals surface area contributed by atoms with Crippen LogP contribution in [0, 0.1) is 5.92 Å². The lowest BCUT2D eigenvalue weighted by molar-refractivity contribution is -0.134. The predicted octanol–water partition coefficient (Wildman–Crippen LogP) is -0.635. The molecule has 2 atom stereocenters. The lowest BCUT2D eigenvalue weighted by atomic mass is 10.1. The SMILES string of the molecule is CNC1CCN(C(=O)C2CNC(=O)C2)C1.Cl. The van der Waals surface area contributed by atoms with E-state index in [9.17, 15) is 9.59 Å². The number of nitrogens with one attached hydrogen (secondary N) is 2. The summed E-state index contributed by atoms with van der Waals surface area (Å²) in [6.45, 7) is 2.10. The van der Waals surface area contributed by atoms with Gasteiger partial charge >= 0.3 is 0 Å². The molecule has 0 aromatic carbocycles. The number of rotatable bonds is 2. The number of carbonyl (C=O) groups excluding carboxylic acids is 2. The van der Waals surface area contributed by atoms with Crippen LogP contribution >= 0.6 is 12.4 Å². The molecule has 2 N–H and O–H groups in total. The molecule has 2 fully saturated rings. The lowest BCUT2D eigenvalue weighted by Gasteiger charge is -2.19. The van der Waals surface area contributed by atoms with Gasteiger partial charge in [0.1, 0.15) is 0 Å². The van der Waals surface area contributed by atoms with E-state index in [4.69, 9.17) is 0 Å². The quantitative estimate of drug-likeness (QED) is 0.683. The molecular formula is C10H18ClN3O2. The molecule has 0 saturated carbocycles. The standard InChI is InChI=1S/C10H17N3O2.ClH/c1-11-8-2-3-13(6-8)10(15)7-4-9(14)12-5-7;/h7-8,11H,2-6H2,1H3,(H,12,14);1H. The second kappa shape index (κ2) is 5.50. The van der Waals surface area contributed by atoms with Gasteiger partial charge in [-0.15, -0.1) is 12.4 Å². The van der Waals surface area contributed by atoms with E-state index in [1.807, 2.05) is 11.9 Å². The number of amides is 2. The van der Waals surface area contributed by atoms with Gasteiger partial charge < -0.3 is 15.5 Å². The summed E-state index contributed by atoms with van der Waals surface area (Å²) in [5.74, 6) is -0.00285. The maximum Gasteiger partial charge on any atom is 0.228 e. The summed E-state index contributed by atoms with van der Waals surface area (Å²) in [4.78, 5) is 24.8. The van der Waals surface area contributed by atoms with Crippen LogP contribution in [0.25, 0.3) is 0 Å². The fourth-order valence-corrected chi connectivity index (χ4v) is 2.23. The molecule has 0 radical (unpaired) electrons. The first kappa shape index (κ1) is 13.3. The third kappa shape index (κ3) is 2.65. The van der Waals surface area contributed by atoms with Crippen molar-refractivity contribution in [2.75, 3.05) is 26.7 Å². The Bertz CT molecular complexity index is 285. The molecule has 2 heterocycles. The Balaban J connectivity index is 0.00000128. The van der Waals surface area contributed by atoms with Gasteiger partial charge in [-0.1, -0.05) is 0 Å². The molecule has 0 bridgehead atoms. The van der Waals surface area contributed by atoms with Crippen LogP contribution in [0.15, 0.2) is 0 Å². The van der Waals surface area contributed by atoms with E-state index in [1.54, 1.807) is 0 Å². The van der Waals surface area contributed by atoms with Crippen molar-refractivity contribution in [1.29, 1.82) is 0 Å². The van der Waals surface area contributed by atoms with Crippen LogP contribution < -0.4 is 10.6 Å². The van der Waals surface area contributed by atoms with E-state index in [2.05, 4.69) is 10.6 Å². The monoisotopic (exact) mass is 247 g/mol. The smallest absolute Gasteiger partial charge is 0.228 e. The molecule has 16 heavy (non-hydrogen) atoms. The molecule has 92 valence electrons. The molecule has 2 rings (SSSR count). The molecule has 2 aliphatic rings. The van der Waals surface area contributed by atoms with Crippen LogP contribution in [-0.2, 0) is 9.59 Å². The fourth-order valence-electron chi connectivity index (χ4n) is 2.23. The molecule has 0 spiro atoms. The van der Waals surface area contributed by atoms with Crippen LogP contribution in [0.4, 0.5) is 0 Å². The number of likely N-dealkylation sites (tertiary alicyclic amines) is 1. The Morgan fingerprint density at radius 3 is 2.81 bits per heavy atom. The molecule has 2 saturated heterocycles.